The summed E-state index contributed by atoms with van der Waals surface area (Å²) in [6.07, 6.45) is 3.92. The number of hydrogen-bond acceptors (Lipinski definition) is 4. The zero-order valence-electron chi connectivity index (χ0n) is 16.7. The smallest absolute Gasteiger partial charge is 0.321 e. The number of amides is 2. The molecule has 0 spiro atoms. The van der Waals surface area contributed by atoms with Gasteiger partial charge in [0.05, 0.1) is 11.6 Å². The van der Waals surface area contributed by atoms with E-state index in [1.807, 2.05) is 4.90 Å². The Balaban J connectivity index is 1.29. The molecule has 0 aliphatic carbocycles. The molecule has 150 valence electrons. The number of nitriles is 1. The molecule has 6 nitrogen and oxygen atoms in total. The minimum Gasteiger partial charge on any atom is -0.372 e. The van der Waals surface area contributed by atoms with Crippen LogP contribution in [0.2, 0.25) is 0 Å². The molecule has 2 aliphatic heterocycles. The molecule has 2 amide bonds. The lowest BCUT2D eigenvalue weighted by Gasteiger charge is -2.36. The molecule has 2 saturated heterocycles. The Morgan fingerprint density at radius 3 is 1.86 bits per heavy atom. The zero-order chi connectivity index (χ0) is 20.1. The van der Waals surface area contributed by atoms with E-state index in [4.69, 9.17) is 5.26 Å². The maximum absolute atomic E-state index is 12.5. The normalized spacial score (nSPS) is 17.0. The van der Waals surface area contributed by atoms with E-state index in [1.54, 1.807) is 24.3 Å². The number of hydrogen-bond donors (Lipinski definition) is 1. The Kier molecular flexibility index (Phi) is 5.85. The van der Waals surface area contributed by atoms with Gasteiger partial charge in [0.15, 0.2) is 0 Å². The Morgan fingerprint density at radius 2 is 1.31 bits per heavy atom. The average Bonchev–Trinajstić information content (AvgIpc) is 2.80. The SMILES string of the molecule is N#Cc1ccc(NC(=O)N2CCN(c3ccc(N4CCCCC4)cc3)CC2)cc1. The molecule has 2 aromatic rings. The molecule has 0 bridgehead atoms. The Morgan fingerprint density at radius 1 is 0.759 bits per heavy atom. The summed E-state index contributed by atoms with van der Waals surface area (Å²) < 4.78 is 0. The molecule has 0 atom stereocenters. The lowest BCUT2D eigenvalue weighted by Crippen LogP contribution is -2.50. The first-order valence-corrected chi connectivity index (χ1v) is 10.4. The van der Waals surface area contributed by atoms with Crippen molar-refractivity contribution >= 4 is 23.1 Å². The zero-order valence-corrected chi connectivity index (χ0v) is 16.7. The summed E-state index contributed by atoms with van der Waals surface area (Å²) in [5.74, 6) is 0. The van der Waals surface area contributed by atoms with Crippen LogP contribution in [-0.4, -0.2) is 50.2 Å². The molecule has 0 unspecified atom stereocenters. The number of carbonyl (C=O) groups is 1. The summed E-state index contributed by atoms with van der Waals surface area (Å²) in [6, 6.07) is 17.8. The van der Waals surface area contributed by atoms with Crippen LogP contribution >= 0.6 is 0 Å². The van der Waals surface area contributed by atoms with E-state index in [9.17, 15) is 4.79 Å². The highest BCUT2D eigenvalue weighted by molar-refractivity contribution is 5.89. The third-order valence-electron chi connectivity index (χ3n) is 5.77. The van der Waals surface area contributed by atoms with E-state index in [-0.39, 0.29) is 6.03 Å². The lowest BCUT2D eigenvalue weighted by atomic mass is 10.1. The fraction of sp³-hybridized carbons (Fsp3) is 0.391. The second-order valence-electron chi connectivity index (χ2n) is 7.66. The molecule has 4 rings (SSSR count). The number of piperidine rings is 1. The number of anilines is 3. The van der Waals surface area contributed by atoms with Gasteiger partial charge in [-0.2, -0.15) is 5.26 Å². The summed E-state index contributed by atoms with van der Waals surface area (Å²) in [7, 11) is 0. The summed E-state index contributed by atoms with van der Waals surface area (Å²) in [4.78, 5) is 19.2. The number of rotatable bonds is 3. The van der Waals surface area contributed by atoms with Gasteiger partial charge in [-0.1, -0.05) is 0 Å². The van der Waals surface area contributed by atoms with Crippen molar-refractivity contribution in [2.75, 3.05) is 54.4 Å². The van der Waals surface area contributed by atoms with Crippen molar-refractivity contribution in [1.82, 2.24) is 4.90 Å². The van der Waals surface area contributed by atoms with Gasteiger partial charge in [-0.15, -0.1) is 0 Å². The topological polar surface area (TPSA) is 62.6 Å². The summed E-state index contributed by atoms with van der Waals surface area (Å²) in [6.45, 7) is 5.35. The highest BCUT2D eigenvalue weighted by atomic mass is 16.2. The second kappa shape index (κ2) is 8.87. The molecule has 29 heavy (non-hydrogen) atoms. The van der Waals surface area contributed by atoms with E-state index in [2.05, 4.69) is 45.5 Å². The van der Waals surface area contributed by atoms with Crippen LogP contribution < -0.4 is 15.1 Å². The van der Waals surface area contributed by atoms with Crippen LogP contribution in [0.1, 0.15) is 24.8 Å². The number of nitrogens with zero attached hydrogens (tertiary/aromatic N) is 4. The highest BCUT2D eigenvalue weighted by Crippen LogP contribution is 2.24. The maximum Gasteiger partial charge on any atom is 0.321 e. The first-order chi connectivity index (χ1) is 14.2. The molecule has 2 heterocycles. The van der Waals surface area contributed by atoms with Crippen molar-refractivity contribution in [2.45, 2.75) is 19.3 Å². The van der Waals surface area contributed by atoms with E-state index in [0.29, 0.717) is 24.3 Å². The molecular weight excluding hydrogens is 362 g/mol. The third-order valence-corrected chi connectivity index (χ3v) is 5.77. The van der Waals surface area contributed by atoms with E-state index < -0.39 is 0 Å². The first-order valence-electron chi connectivity index (χ1n) is 10.4. The van der Waals surface area contributed by atoms with Crippen LogP contribution in [0.25, 0.3) is 0 Å². The van der Waals surface area contributed by atoms with Gasteiger partial charge < -0.3 is 20.0 Å². The van der Waals surface area contributed by atoms with Crippen LogP contribution in [-0.2, 0) is 0 Å². The minimum absolute atomic E-state index is 0.0881. The Labute approximate surface area is 172 Å². The van der Waals surface area contributed by atoms with Gasteiger partial charge in [0, 0.05) is 56.3 Å². The molecule has 0 saturated carbocycles. The molecule has 2 aromatic carbocycles. The van der Waals surface area contributed by atoms with Crippen molar-refractivity contribution in [3.63, 3.8) is 0 Å². The highest BCUT2D eigenvalue weighted by Gasteiger charge is 2.21. The summed E-state index contributed by atoms with van der Waals surface area (Å²) in [5, 5.41) is 11.8. The van der Waals surface area contributed by atoms with Gasteiger partial charge in [-0.25, -0.2) is 4.79 Å². The molecular formula is C23H27N5O. The van der Waals surface area contributed by atoms with Crippen LogP contribution in [0, 0.1) is 11.3 Å². The minimum atomic E-state index is -0.0881. The fourth-order valence-electron chi connectivity index (χ4n) is 4.02. The molecule has 0 aromatic heterocycles. The van der Waals surface area contributed by atoms with Crippen molar-refractivity contribution in [2.24, 2.45) is 0 Å². The number of benzene rings is 2. The molecule has 2 aliphatic rings. The van der Waals surface area contributed by atoms with Gasteiger partial charge in [0.2, 0.25) is 0 Å². The second-order valence-corrected chi connectivity index (χ2v) is 7.66. The largest absolute Gasteiger partial charge is 0.372 e. The molecule has 6 heteroatoms. The monoisotopic (exact) mass is 389 g/mol. The number of urea groups is 1. The van der Waals surface area contributed by atoms with Gasteiger partial charge in [-0.3, -0.25) is 0 Å². The Hall–Kier alpha value is -3.20. The lowest BCUT2D eigenvalue weighted by molar-refractivity contribution is 0.208. The van der Waals surface area contributed by atoms with Gasteiger partial charge >= 0.3 is 6.03 Å². The number of piperazine rings is 1. The van der Waals surface area contributed by atoms with Crippen LogP contribution in [0.15, 0.2) is 48.5 Å². The molecule has 2 fully saturated rings. The van der Waals surface area contributed by atoms with Crippen molar-refractivity contribution in [3.8, 4) is 6.07 Å². The third kappa shape index (κ3) is 4.62. The first kappa shape index (κ1) is 19.1. The predicted molar refractivity (Wildman–Crippen MR) is 116 cm³/mol. The van der Waals surface area contributed by atoms with Crippen LogP contribution in [0.3, 0.4) is 0 Å². The molecule has 1 N–H and O–H groups in total. The van der Waals surface area contributed by atoms with Crippen molar-refractivity contribution in [1.29, 1.82) is 5.26 Å². The fourth-order valence-corrected chi connectivity index (χ4v) is 4.02. The van der Waals surface area contributed by atoms with E-state index in [1.165, 1.54) is 30.6 Å². The van der Waals surface area contributed by atoms with Crippen molar-refractivity contribution < 1.29 is 4.79 Å². The maximum atomic E-state index is 12.5. The average molecular weight is 390 g/mol. The predicted octanol–water partition coefficient (Wildman–Crippen LogP) is 3.90. The standard InChI is InChI=1S/C23H27N5O/c24-18-19-4-6-20(7-5-19)25-23(29)28-16-14-27(15-17-28)22-10-8-21(9-11-22)26-12-2-1-3-13-26/h4-11H,1-3,12-17H2,(H,25,29). The van der Waals surface area contributed by atoms with Gasteiger partial charge in [0.25, 0.3) is 0 Å². The van der Waals surface area contributed by atoms with E-state index in [0.717, 1.165) is 26.2 Å². The van der Waals surface area contributed by atoms with Gasteiger partial charge in [-0.05, 0) is 67.8 Å². The summed E-state index contributed by atoms with van der Waals surface area (Å²) in [5.41, 5.74) is 3.83. The van der Waals surface area contributed by atoms with Crippen LogP contribution in [0.4, 0.5) is 21.9 Å². The molecule has 0 radical (unpaired) electrons. The Bertz CT molecular complexity index is 858. The summed E-state index contributed by atoms with van der Waals surface area (Å²) >= 11 is 0. The quantitative estimate of drug-likeness (QED) is 0.865. The van der Waals surface area contributed by atoms with Crippen molar-refractivity contribution in [3.05, 3.63) is 54.1 Å². The van der Waals surface area contributed by atoms with Crippen LogP contribution in [0.5, 0.6) is 0 Å². The van der Waals surface area contributed by atoms with E-state index >= 15 is 0 Å². The number of nitrogens with one attached hydrogen (secondary N) is 1. The number of carbonyl (C=O) groups excluding carboxylic acids is 1. The van der Waals surface area contributed by atoms with Gasteiger partial charge in [0.1, 0.15) is 0 Å².